The third-order valence-electron chi connectivity index (χ3n) is 5.67. The van der Waals surface area contributed by atoms with E-state index < -0.39 is 5.82 Å². The van der Waals surface area contributed by atoms with Crippen molar-refractivity contribution in [1.29, 1.82) is 0 Å². The van der Waals surface area contributed by atoms with E-state index in [1.807, 2.05) is 25.1 Å². The van der Waals surface area contributed by atoms with Crippen molar-refractivity contribution in [3.63, 3.8) is 0 Å². The molecule has 2 amide bonds. The van der Waals surface area contributed by atoms with E-state index in [1.54, 1.807) is 4.90 Å². The Balaban J connectivity index is 1.35. The van der Waals surface area contributed by atoms with Crippen LogP contribution in [0.3, 0.4) is 0 Å². The highest BCUT2D eigenvalue weighted by molar-refractivity contribution is 7.80. The second kappa shape index (κ2) is 9.68. The lowest BCUT2D eigenvalue weighted by Gasteiger charge is -2.32. The second-order valence-electron chi connectivity index (χ2n) is 7.89. The summed E-state index contributed by atoms with van der Waals surface area (Å²) in [6, 6.07) is 8.24. The number of thiol groups is 1. The first-order chi connectivity index (χ1) is 15.5. The lowest BCUT2D eigenvalue weighted by molar-refractivity contribution is -0.118. The summed E-state index contributed by atoms with van der Waals surface area (Å²) in [5.74, 6) is -0.0862. The topological polar surface area (TPSA) is 79.9 Å². The first kappa shape index (κ1) is 22.3. The molecule has 2 heterocycles. The summed E-state index contributed by atoms with van der Waals surface area (Å²) in [5, 5.41) is 5.89. The number of benzene rings is 2. The number of ether oxygens (including phenoxy) is 2. The van der Waals surface area contributed by atoms with Gasteiger partial charge in [-0.2, -0.15) is 0 Å². The first-order valence-electron chi connectivity index (χ1n) is 10.7. The number of anilines is 2. The Bertz CT molecular complexity index is 1020. The van der Waals surface area contributed by atoms with Gasteiger partial charge in [0, 0.05) is 30.6 Å². The molecule has 0 aliphatic carbocycles. The van der Waals surface area contributed by atoms with E-state index in [9.17, 15) is 14.0 Å². The number of halogens is 1. The fourth-order valence-corrected chi connectivity index (χ4v) is 4.22. The molecule has 0 unspecified atom stereocenters. The van der Waals surface area contributed by atoms with Crippen LogP contribution in [0.25, 0.3) is 0 Å². The molecule has 0 bridgehead atoms. The molecule has 1 saturated heterocycles. The fourth-order valence-electron chi connectivity index (χ4n) is 3.94. The van der Waals surface area contributed by atoms with E-state index in [0.717, 1.165) is 41.8 Å². The first-order valence-corrected chi connectivity index (χ1v) is 11.1. The van der Waals surface area contributed by atoms with Crippen LogP contribution in [0.5, 0.6) is 11.5 Å². The van der Waals surface area contributed by atoms with E-state index in [4.69, 9.17) is 9.47 Å². The Morgan fingerprint density at radius 3 is 2.88 bits per heavy atom. The Morgan fingerprint density at radius 1 is 1.34 bits per heavy atom. The molecule has 0 radical (unpaired) electrons. The van der Waals surface area contributed by atoms with E-state index >= 15 is 0 Å². The van der Waals surface area contributed by atoms with Crippen LogP contribution in [0.4, 0.5) is 15.8 Å². The number of para-hydroxylation sites is 1. The molecule has 2 aliphatic heterocycles. The van der Waals surface area contributed by atoms with Gasteiger partial charge < -0.3 is 25.0 Å². The molecule has 2 aliphatic rings. The summed E-state index contributed by atoms with van der Waals surface area (Å²) in [4.78, 5) is 26.9. The van der Waals surface area contributed by atoms with Gasteiger partial charge in [0.25, 0.3) is 11.8 Å². The van der Waals surface area contributed by atoms with Gasteiger partial charge in [-0.1, -0.05) is 6.07 Å². The molecule has 0 aromatic heterocycles. The molecular weight excluding hydrogens is 433 g/mol. The molecule has 2 aromatic rings. The number of amides is 2. The average molecular weight is 460 g/mol. The van der Waals surface area contributed by atoms with Crippen molar-refractivity contribution < 1.29 is 23.5 Å². The Kier molecular flexibility index (Phi) is 6.74. The van der Waals surface area contributed by atoms with Gasteiger partial charge in [-0.3, -0.25) is 9.59 Å². The van der Waals surface area contributed by atoms with Crippen molar-refractivity contribution in [2.24, 2.45) is 5.92 Å². The van der Waals surface area contributed by atoms with Crippen LogP contribution in [0.2, 0.25) is 0 Å². The summed E-state index contributed by atoms with van der Waals surface area (Å²) in [5.41, 5.74) is 1.13. The zero-order valence-electron chi connectivity index (χ0n) is 17.8. The standard InChI is InChI=1S/C23H26FN3O4S/c1-2-25-22-18(4-3-5-20(22)32)30-12-14-6-8-27(9-7-14)23(29)15-10-17-19(11-16(15)24)31-13-21(28)26-17/h3-5,10-11,14,25,32H,2,6-9,12-13H2,1H3,(H,26,28). The van der Waals surface area contributed by atoms with Crippen LogP contribution >= 0.6 is 12.6 Å². The minimum absolute atomic E-state index is 0.0647. The van der Waals surface area contributed by atoms with Crippen LogP contribution in [0.1, 0.15) is 30.1 Å². The van der Waals surface area contributed by atoms with Crippen molar-refractivity contribution in [3.8, 4) is 11.5 Å². The van der Waals surface area contributed by atoms with E-state index in [2.05, 4.69) is 23.3 Å². The predicted octanol–water partition coefficient (Wildman–Crippen LogP) is 3.81. The third kappa shape index (κ3) is 4.77. The van der Waals surface area contributed by atoms with Crippen molar-refractivity contribution in [3.05, 3.63) is 41.7 Å². The number of carbonyl (C=O) groups excluding carboxylic acids is 2. The Morgan fingerprint density at radius 2 is 2.12 bits per heavy atom. The van der Waals surface area contributed by atoms with Gasteiger partial charge in [0.1, 0.15) is 17.3 Å². The summed E-state index contributed by atoms with van der Waals surface area (Å²) in [6.45, 7) is 4.18. The van der Waals surface area contributed by atoms with E-state index in [0.29, 0.717) is 25.4 Å². The fraction of sp³-hybridized carbons (Fsp3) is 0.391. The largest absolute Gasteiger partial charge is 0.491 e. The lowest BCUT2D eigenvalue weighted by Crippen LogP contribution is -2.40. The molecule has 0 atom stereocenters. The van der Waals surface area contributed by atoms with Gasteiger partial charge in [0.2, 0.25) is 0 Å². The molecule has 0 saturated carbocycles. The Hall–Kier alpha value is -2.94. The third-order valence-corrected chi connectivity index (χ3v) is 6.04. The summed E-state index contributed by atoms with van der Waals surface area (Å²) in [7, 11) is 0. The van der Waals surface area contributed by atoms with Crippen molar-refractivity contribution in [2.75, 3.05) is 43.5 Å². The van der Waals surface area contributed by atoms with Crippen LogP contribution in [0, 0.1) is 11.7 Å². The summed E-state index contributed by atoms with van der Waals surface area (Å²) < 4.78 is 25.8. The van der Waals surface area contributed by atoms with Gasteiger partial charge in [0.05, 0.1) is 23.5 Å². The van der Waals surface area contributed by atoms with Crippen LogP contribution in [0.15, 0.2) is 35.2 Å². The molecule has 7 nitrogen and oxygen atoms in total. The van der Waals surface area contributed by atoms with Gasteiger partial charge >= 0.3 is 0 Å². The summed E-state index contributed by atoms with van der Waals surface area (Å²) >= 11 is 4.49. The van der Waals surface area contributed by atoms with Gasteiger partial charge in [-0.05, 0) is 43.9 Å². The molecule has 170 valence electrons. The maximum atomic E-state index is 14.5. The van der Waals surface area contributed by atoms with Gasteiger partial charge in [0.15, 0.2) is 6.61 Å². The quantitative estimate of drug-likeness (QED) is 0.573. The number of fused-ring (bicyclic) bond motifs is 1. The minimum atomic E-state index is -0.655. The van der Waals surface area contributed by atoms with E-state index in [1.165, 1.54) is 6.07 Å². The number of likely N-dealkylation sites (tertiary alicyclic amines) is 1. The highest BCUT2D eigenvalue weighted by Crippen LogP contribution is 2.33. The lowest BCUT2D eigenvalue weighted by atomic mass is 9.97. The number of piperidine rings is 1. The monoisotopic (exact) mass is 459 g/mol. The average Bonchev–Trinajstić information content (AvgIpc) is 2.79. The zero-order chi connectivity index (χ0) is 22.7. The maximum absolute atomic E-state index is 14.5. The highest BCUT2D eigenvalue weighted by atomic mass is 32.1. The van der Waals surface area contributed by atoms with Gasteiger partial charge in [-0.15, -0.1) is 12.6 Å². The SMILES string of the molecule is CCNc1c(S)cccc1OCC1CCN(C(=O)c2cc3c(cc2F)OCC(=O)N3)CC1. The highest BCUT2D eigenvalue weighted by Gasteiger charge is 2.28. The van der Waals surface area contributed by atoms with Gasteiger partial charge in [-0.25, -0.2) is 4.39 Å². The molecule has 9 heteroatoms. The smallest absolute Gasteiger partial charge is 0.262 e. The minimum Gasteiger partial charge on any atom is -0.491 e. The predicted molar refractivity (Wildman–Crippen MR) is 123 cm³/mol. The van der Waals surface area contributed by atoms with Crippen LogP contribution in [-0.2, 0) is 4.79 Å². The van der Waals surface area contributed by atoms with Crippen LogP contribution in [-0.4, -0.2) is 49.6 Å². The zero-order valence-corrected chi connectivity index (χ0v) is 18.7. The number of rotatable bonds is 6. The van der Waals surface area contributed by atoms with Crippen molar-refractivity contribution in [2.45, 2.75) is 24.7 Å². The van der Waals surface area contributed by atoms with Crippen molar-refractivity contribution >= 4 is 35.8 Å². The molecule has 32 heavy (non-hydrogen) atoms. The molecule has 2 N–H and O–H groups in total. The van der Waals surface area contributed by atoms with Crippen LogP contribution < -0.4 is 20.1 Å². The molecule has 2 aromatic carbocycles. The number of nitrogens with one attached hydrogen (secondary N) is 2. The number of carbonyl (C=O) groups is 2. The second-order valence-corrected chi connectivity index (χ2v) is 8.37. The van der Waals surface area contributed by atoms with E-state index in [-0.39, 0.29) is 35.7 Å². The maximum Gasteiger partial charge on any atom is 0.262 e. The normalized spacial score (nSPS) is 16.1. The molecule has 1 fully saturated rings. The number of hydrogen-bond acceptors (Lipinski definition) is 6. The Labute approximate surface area is 191 Å². The number of hydrogen-bond donors (Lipinski definition) is 3. The molecule has 0 spiro atoms. The van der Waals surface area contributed by atoms with Crippen molar-refractivity contribution in [1.82, 2.24) is 4.90 Å². The molecule has 4 rings (SSSR count). The number of nitrogens with zero attached hydrogens (tertiary/aromatic N) is 1. The summed E-state index contributed by atoms with van der Waals surface area (Å²) in [6.07, 6.45) is 1.52. The molecular formula is C23H26FN3O4S.